The van der Waals surface area contributed by atoms with Crippen molar-refractivity contribution in [2.75, 3.05) is 18.4 Å². The van der Waals surface area contributed by atoms with Crippen molar-refractivity contribution in [1.29, 1.82) is 5.26 Å². The van der Waals surface area contributed by atoms with Crippen molar-refractivity contribution in [3.63, 3.8) is 0 Å². The summed E-state index contributed by atoms with van der Waals surface area (Å²) in [5, 5.41) is 15.6. The van der Waals surface area contributed by atoms with Gasteiger partial charge < -0.3 is 20.4 Å². The minimum Gasteiger partial charge on any atom is -0.343 e. The molecule has 5 fully saturated rings. The molecule has 9 nitrogen and oxygen atoms in total. The third-order valence-corrected chi connectivity index (χ3v) is 11.3. The first-order valence-corrected chi connectivity index (χ1v) is 15.4. The SMILES string of the molecule is CC(C)(C)C(NC(=O)C1CC1(F)F)C(=O)N1CC2C3CC(F)C(C3)C2C1C(=O)N1CC2(CC1C#N)C(=O)Nc1ccccc12. The lowest BCUT2D eigenvalue weighted by atomic mass is 9.77. The number of hydrogen-bond donors (Lipinski definition) is 2. The normalized spacial score (nSPS) is 38.2. The number of anilines is 1. The van der Waals surface area contributed by atoms with Crippen LogP contribution >= 0.6 is 0 Å². The number of likely N-dealkylation sites (tertiary alicyclic amines) is 2. The third-order valence-electron chi connectivity index (χ3n) is 11.3. The molecule has 12 heteroatoms. The lowest BCUT2D eigenvalue weighted by Crippen LogP contribution is -2.60. The van der Waals surface area contributed by atoms with Crippen LogP contribution in [0.3, 0.4) is 0 Å². The van der Waals surface area contributed by atoms with Gasteiger partial charge in [-0.1, -0.05) is 39.0 Å². The van der Waals surface area contributed by atoms with Crippen LogP contribution in [-0.2, 0) is 24.6 Å². The topological polar surface area (TPSA) is 123 Å². The summed E-state index contributed by atoms with van der Waals surface area (Å²) < 4.78 is 42.7. The van der Waals surface area contributed by atoms with Gasteiger partial charge >= 0.3 is 0 Å². The number of fused-ring (bicyclic) bond motifs is 7. The van der Waals surface area contributed by atoms with E-state index in [1.165, 1.54) is 9.80 Å². The standard InChI is InChI=1S/C32H36F3N5O4/c1-30(2,3)25(38-26(41)20-11-32(20,34)35)28(43)39-13-18-15-8-17(21(33)9-15)23(18)24(39)27(42)40-14-31(10-16(40)12-36)19-6-4-5-7-22(19)37-29(31)44/h4-7,15-18,20-21,23-25H,8-11,13-14H2,1-3H3,(H,37,44)(H,38,41). The first kappa shape index (κ1) is 29.1. The molecule has 10 unspecified atom stereocenters. The van der Waals surface area contributed by atoms with Gasteiger partial charge in [0.15, 0.2) is 0 Å². The van der Waals surface area contributed by atoms with Crippen LogP contribution < -0.4 is 10.6 Å². The van der Waals surface area contributed by atoms with E-state index < -0.39 is 82.9 Å². The zero-order valence-electron chi connectivity index (χ0n) is 24.9. The van der Waals surface area contributed by atoms with Crippen LogP contribution in [-0.4, -0.2) is 76.7 Å². The van der Waals surface area contributed by atoms with E-state index in [1.807, 2.05) is 0 Å². The van der Waals surface area contributed by atoms with Gasteiger partial charge in [-0.25, -0.2) is 13.2 Å². The monoisotopic (exact) mass is 611 g/mol. The zero-order chi connectivity index (χ0) is 31.5. The number of hydrogen-bond acceptors (Lipinski definition) is 5. The van der Waals surface area contributed by atoms with Gasteiger partial charge in [0.05, 0.1) is 11.5 Å². The summed E-state index contributed by atoms with van der Waals surface area (Å²) in [4.78, 5) is 57.9. The molecule has 234 valence electrons. The number of carbonyl (C=O) groups excluding carboxylic acids is 4. The van der Waals surface area contributed by atoms with Gasteiger partial charge in [0.1, 0.15) is 30.2 Å². The molecule has 1 spiro atoms. The third kappa shape index (κ3) is 4.10. The van der Waals surface area contributed by atoms with Crippen LogP contribution in [0.15, 0.2) is 24.3 Å². The van der Waals surface area contributed by atoms with Crippen molar-refractivity contribution in [3.05, 3.63) is 29.8 Å². The Kier molecular flexibility index (Phi) is 6.25. The molecule has 4 amide bonds. The molecule has 44 heavy (non-hydrogen) atoms. The number of halogens is 3. The minimum atomic E-state index is -3.11. The Morgan fingerprint density at radius 1 is 1.11 bits per heavy atom. The maximum absolute atomic E-state index is 15.2. The lowest BCUT2D eigenvalue weighted by molar-refractivity contribution is -0.149. The van der Waals surface area contributed by atoms with Crippen LogP contribution in [0.25, 0.3) is 0 Å². The molecule has 0 aromatic heterocycles. The molecule has 2 N–H and O–H groups in total. The Morgan fingerprint density at radius 2 is 1.82 bits per heavy atom. The van der Waals surface area contributed by atoms with Gasteiger partial charge in [-0.15, -0.1) is 0 Å². The average Bonchev–Trinajstić information content (AvgIpc) is 3.51. The summed E-state index contributed by atoms with van der Waals surface area (Å²) >= 11 is 0. The van der Waals surface area contributed by atoms with Gasteiger partial charge in [0, 0.05) is 31.6 Å². The number of nitriles is 1. The van der Waals surface area contributed by atoms with Crippen molar-refractivity contribution in [2.24, 2.45) is 35.0 Å². The number of alkyl halides is 3. The quantitative estimate of drug-likeness (QED) is 0.542. The van der Waals surface area contributed by atoms with E-state index in [0.29, 0.717) is 24.1 Å². The lowest BCUT2D eigenvalue weighted by Gasteiger charge is -2.38. The molecule has 3 aliphatic carbocycles. The number of carbonyl (C=O) groups is 4. The van der Waals surface area contributed by atoms with Crippen LogP contribution in [0.2, 0.25) is 0 Å². The second kappa shape index (κ2) is 9.44. The molecule has 7 rings (SSSR count). The van der Waals surface area contributed by atoms with E-state index in [9.17, 15) is 33.2 Å². The Balaban J connectivity index is 1.23. The van der Waals surface area contributed by atoms with Crippen LogP contribution in [0.1, 0.15) is 52.0 Å². The predicted octanol–water partition coefficient (Wildman–Crippen LogP) is 3.01. The highest BCUT2D eigenvalue weighted by Gasteiger charge is 2.66. The van der Waals surface area contributed by atoms with E-state index in [0.717, 1.165) is 0 Å². The summed E-state index contributed by atoms with van der Waals surface area (Å²) in [6, 6.07) is 6.09. The molecule has 3 heterocycles. The van der Waals surface area contributed by atoms with Crippen molar-refractivity contribution < 1.29 is 32.3 Å². The summed E-state index contributed by atoms with van der Waals surface area (Å²) in [7, 11) is 0. The minimum absolute atomic E-state index is 0.00916. The second-order valence-electron chi connectivity index (χ2n) is 14.8. The van der Waals surface area contributed by atoms with Crippen LogP contribution in [0.5, 0.6) is 0 Å². The summed E-state index contributed by atoms with van der Waals surface area (Å²) in [6.45, 7) is 5.24. The van der Waals surface area contributed by atoms with Gasteiger partial charge in [-0.05, 0) is 53.6 Å². The van der Waals surface area contributed by atoms with Gasteiger partial charge in [-0.3, -0.25) is 19.2 Å². The maximum Gasteiger partial charge on any atom is 0.260 e. The highest BCUT2D eigenvalue weighted by molar-refractivity contribution is 6.07. The number of benzene rings is 1. The smallest absolute Gasteiger partial charge is 0.260 e. The Labute approximate surface area is 253 Å². The van der Waals surface area contributed by atoms with E-state index >= 15 is 4.39 Å². The van der Waals surface area contributed by atoms with Crippen LogP contribution in [0, 0.1) is 46.3 Å². The maximum atomic E-state index is 15.2. The number of amides is 4. The molecule has 3 saturated carbocycles. The number of para-hydroxylation sites is 1. The Bertz CT molecular complexity index is 1500. The summed E-state index contributed by atoms with van der Waals surface area (Å²) in [5.74, 6) is -7.99. The molecular formula is C32H36F3N5O4. The molecular weight excluding hydrogens is 575 g/mol. The van der Waals surface area contributed by atoms with Crippen molar-refractivity contribution in [2.45, 2.75) is 82.1 Å². The Morgan fingerprint density at radius 3 is 2.48 bits per heavy atom. The molecule has 1 aromatic rings. The van der Waals surface area contributed by atoms with E-state index in [1.54, 1.807) is 45.0 Å². The van der Waals surface area contributed by atoms with Gasteiger partial charge in [-0.2, -0.15) is 5.26 Å². The molecule has 6 aliphatic rings. The van der Waals surface area contributed by atoms with E-state index in [2.05, 4.69) is 16.7 Å². The number of rotatable bonds is 4. The number of nitrogens with one attached hydrogen (secondary N) is 2. The summed E-state index contributed by atoms with van der Waals surface area (Å²) in [6.07, 6.45) is -0.648. The molecule has 10 atom stereocenters. The second-order valence-corrected chi connectivity index (χ2v) is 14.8. The molecule has 3 aliphatic heterocycles. The van der Waals surface area contributed by atoms with Gasteiger partial charge in [0.2, 0.25) is 23.6 Å². The summed E-state index contributed by atoms with van der Waals surface area (Å²) in [5.41, 5.74) is -0.690. The van der Waals surface area contributed by atoms with Crippen molar-refractivity contribution in [1.82, 2.24) is 15.1 Å². The molecule has 0 radical (unpaired) electrons. The van der Waals surface area contributed by atoms with Crippen molar-refractivity contribution >= 4 is 29.3 Å². The van der Waals surface area contributed by atoms with E-state index in [-0.39, 0.29) is 37.3 Å². The largest absolute Gasteiger partial charge is 0.343 e. The molecule has 2 saturated heterocycles. The Hall–Kier alpha value is -3.62. The van der Waals surface area contributed by atoms with Gasteiger partial charge in [0.25, 0.3) is 5.92 Å². The highest BCUT2D eigenvalue weighted by atomic mass is 19.3. The first-order valence-electron chi connectivity index (χ1n) is 15.4. The fourth-order valence-corrected chi connectivity index (χ4v) is 8.96. The molecule has 1 aromatic carbocycles. The fraction of sp³-hybridized carbons (Fsp3) is 0.656. The van der Waals surface area contributed by atoms with E-state index in [4.69, 9.17) is 0 Å². The van der Waals surface area contributed by atoms with Crippen LogP contribution in [0.4, 0.5) is 18.9 Å². The number of nitrogens with zero attached hydrogens (tertiary/aromatic N) is 3. The highest BCUT2D eigenvalue weighted by Crippen LogP contribution is 2.59. The fourth-order valence-electron chi connectivity index (χ4n) is 8.96. The first-order chi connectivity index (χ1) is 20.7. The van der Waals surface area contributed by atoms with Crippen molar-refractivity contribution in [3.8, 4) is 6.07 Å². The molecule has 2 bridgehead atoms. The predicted molar refractivity (Wildman–Crippen MR) is 151 cm³/mol. The average molecular weight is 612 g/mol. The zero-order valence-corrected chi connectivity index (χ0v) is 24.9.